The summed E-state index contributed by atoms with van der Waals surface area (Å²) in [4.78, 5) is 2.37. The van der Waals surface area contributed by atoms with Gasteiger partial charge in [-0.3, -0.25) is 4.90 Å². The first-order valence-corrected chi connectivity index (χ1v) is 6.08. The van der Waals surface area contributed by atoms with Crippen LogP contribution >= 0.6 is 0 Å². The molecule has 3 heteroatoms. The maximum atomic E-state index is 9.35. The van der Waals surface area contributed by atoms with Crippen LogP contribution in [0.25, 0.3) is 0 Å². The normalized spacial score (nSPS) is 27.7. The second-order valence-electron chi connectivity index (χ2n) is 4.96. The van der Waals surface area contributed by atoms with Gasteiger partial charge in [-0.05, 0) is 44.7 Å². The van der Waals surface area contributed by atoms with Crippen LogP contribution in [0.15, 0.2) is 0 Å². The molecule has 1 N–H and O–H groups in total. The van der Waals surface area contributed by atoms with Gasteiger partial charge in [-0.2, -0.15) is 5.26 Å². The highest BCUT2D eigenvalue weighted by atomic mass is 16.3. The molecule has 1 heterocycles. The molecule has 1 saturated carbocycles. The lowest BCUT2D eigenvalue weighted by atomic mass is 9.90. The van der Waals surface area contributed by atoms with Crippen molar-refractivity contribution >= 4 is 0 Å². The molecule has 15 heavy (non-hydrogen) atoms. The molecule has 0 radical (unpaired) electrons. The summed E-state index contributed by atoms with van der Waals surface area (Å²) in [5, 5.41) is 18.4. The standard InChI is InChI=1S/C12H20N2O/c13-10-12(5-1-2-6-12)14-7-3-11(9-15)4-8-14/h11,15H,1-9H2. The van der Waals surface area contributed by atoms with E-state index >= 15 is 0 Å². The van der Waals surface area contributed by atoms with E-state index in [0.29, 0.717) is 12.5 Å². The number of rotatable bonds is 2. The Balaban J connectivity index is 1.97. The van der Waals surface area contributed by atoms with Gasteiger partial charge in [-0.1, -0.05) is 12.8 Å². The van der Waals surface area contributed by atoms with Crippen molar-refractivity contribution in [3.8, 4) is 6.07 Å². The van der Waals surface area contributed by atoms with Crippen molar-refractivity contribution in [1.82, 2.24) is 4.90 Å². The molecule has 1 aliphatic heterocycles. The van der Waals surface area contributed by atoms with E-state index in [1.165, 1.54) is 12.8 Å². The van der Waals surface area contributed by atoms with Crippen LogP contribution in [-0.2, 0) is 0 Å². The number of likely N-dealkylation sites (tertiary alicyclic amines) is 1. The van der Waals surface area contributed by atoms with E-state index in [1.807, 2.05) is 0 Å². The summed E-state index contributed by atoms with van der Waals surface area (Å²) >= 11 is 0. The van der Waals surface area contributed by atoms with Crippen LogP contribution in [-0.4, -0.2) is 35.2 Å². The first kappa shape index (κ1) is 10.9. The Kier molecular flexibility index (Phi) is 3.28. The zero-order valence-corrected chi connectivity index (χ0v) is 9.28. The number of hydrogen-bond donors (Lipinski definition) is 1. The highest BCUT2D eigenvalue weighted by Crippen LogP contribution is 2.36. The second-order valence-corrected chi connectivity index (χ2v) is 4.96. The Morgan fingerprint density at radius 2 is 1.87 bits per heavy atom. The molecule has 2 aliphatic rings. The third kappa shape index (κ3) is 2.02. The summed E-state index contributed by atoms with van der Waals surface area (Å²) in [6, 6.07) is 2.54. The lowest BCUT2D eigenvalue weighted by Crippen LogP contribution is -2.49. The number of hydrogen-bond acceptors (Lipinski definition) is 3. The Morgan fingerprint density at radius 3 is 2.33 bits per heavy atom. The third-order valence-corrected chi connectivity index (χ3v) is 4.12. The highest BCUT2D eigenvalue weighted by Gasteiger charge is 2.40. The average Bonchev–Trinajstić information content (AvgIpc) is 2.79. The number of nitriles is 1. The van der Waals surface area contributed by atoms with Crippen molar-refractivity contribution in [3.05, 3.63) is 0 Å². The minimum Gasteiger partial charge on any atom is -0.396 e. The molecular weight excluding hydrogens is 188 g/mol. The van der Waals surface area contributed by atoms with Gasteiger partial charge < -0.3 is 5.11 Å². The molecule has 1 aliphatic carbocycles. The van der Waals surface area contributed by atoms with Gasteiger partial charge in [0, 0.05) is 6.61 Å². The van der Waals surface area contributed by atoms with E-state index in [-0.39, 0.29) is 5.54 Å². The molecule has 0 aromatic rings. The summed E-state index contributed by atoms with van der Waals surface area (Å²) in [6.07, 6.45) is 6.61. The number of aliphatic hydroxyl groups is 1. The Morgan fingerprint density at radius 1 is 1.27 bits per heavy atom. The first-order valence-electron chi connectivity index (χ1n) is 6.08. The first-order chi connectivity index (χ1) is 7.30. The van der Waals surface area contributed by atoms with E-state index in [0.717, 1.165) is 38.8 Å². The predicted molar refractivity (Wildman–Crippen MR) is 58.2 cm³/mol. The zero-order valence-electron chi connectivity index (χ0n) is 9.28. The molecule has 3 nitrogen and oxygen atoms in total. The minimum atomic E-state index is -0.152. The van der Waals surface area contributed by atoms with Gasteiger partial charge in [-0.15, -0.1) is 0 Å². The summed E-state index contributed by atoms with van der Waals surface area (Å²) < 4.78 is 0. The quantitative estimate of drug-likeness (QED) is 0.748. The summed E-state index contributed by atoms with van der Waals surface area (Å²) in [7, 11) is 0. The summed E-state index contributed by atoms with van der Waals surface area (Å²) in [5.74, 6) is 0.471. The summed E-state index contributed by atoms with van der Waals surface area (Å²) in [6.45, 7) is 2.31. The molecule has 0 aromatic carbocycles. The van der Waals surface area contributed by atoms with Crippen molar-refractivity contribution in [2.24, 2.45) is 5.92 Å². The van der Waals surface area contributed by atoms with Gasteiger partial charge in [0.15, 0.2) is 0 Å². The lowest BCUT2D eigenvalue weighted by molar-refractivity contribution is 0.0711. The smallest absolute Gasteiger partial charge is 0.109 e. The number of aliphatic hydroxyl groups excluding tert-OH is 1. The summed E-state index contributed by atoms with van der Waals surface area (Å²) in [5.41, 5.74) is -0.152. The average molecular weight is 208 g/mol. The van der Waals surface area contributed by atoms with Gasteiger partial charge in [0.1, 0.15) is 5.54 Å². The Hall–Kier alpha value is -0.590. The molecule has 0 atom stereocenters. The fourth-order valence-corrected chi connectivity index (χ4v) is 3.00. The molecule has 84 valence electrons. The van der Waals surface area contributed by atoms with Crippen molar-refractivity contribution in [1.29, 1.82) is 5.26 Å². The Bertz CT molecular complexity index is 245. The van der Waals surface area contributed by atoms with Crippen molar-refractivity contribution in [2.45, 2.75) is 44.1 Å². The molecule has 1 saturated heterocycles. The molecule has 0 bridgehead atoms. The molecule has 0 spiro atoms. The number of nitrogens with zero attached hydrogens (tertiary/aromatic N) is 2. The van der Waals surface area contributed by atoms with E-state index in [1.54, 1.807) is 0 Å². The lowest BCUT2D eigenvalue weighted by Gasteiger charge is -2.40. The van der Waals surface area contributed by atoms with Gasteiger partial charge in [0.05, 0.1) is 6.07 Å². The van der Waals surface area contributed by atoms with Crippen molar-refractivity contribution in [2.75, 3.05) is 19.7 Å². The fourth-order valence-electron chi connectivity index (χ4n) is 3.00. The zero-order chi connectivity index (χ0) is 10.7. The Labute approximate surface area is 91.7 Å². The second kappa shape index (κ2) is 4.51. The minimum absolute atomic E-state index is 0.152. The SMILES string of the molecule is N#CC1(N2CCC(CO)CC2)CCCC1. The number of piperidine rings is 1. The van der Waals surface area contributed by atoms with Gasteiger partial charge in [0.25, 0.3) is 0 Å². The van der Waals surface area contributed by atoms with Gasteiger partial charge >= 0.3 is 0 Å². The molecule has 2 rings (SSSR count). The maximum absolute atomic E-state index is 9.35. The molecule has 2 fully saturated rings. The van der Waals surface area contributed by atoms with Crippen LogP contribution in [0, 0.1) is 17.2 Å². The van der Waals surface area contributed by atoms with Crippen molar-refractivity contribution < 1.29 is 5.11 Å². The van der Waals surface area contributed by atoms with Crippen LogP contribution in [0.5, 0.6) is 0 Å². The topological polar surface area (TPSA) is 47.3 Å². The predicted octanol–water partition coefficient (Wildman–Crippen LogP) is 1.53. The molecule has 0 amide bonds. The molecule has 0 unspecified atom stereocenters. The van der Waals surface area contributed by atoms with E-state index in [4.69, 9.17) is 5.11 Å². The third-order valence-electron chi connectivity index (χ3n) is 4.12. The van der Waals surface area contributed by atoms with Crippen molar-refractivity contribution in [3.63, 3.8) is 0 Å². The maximum Gasteiger partial charge on any atom is 0.109 e. The monoisotopic (exact) mass is 208 g/mol. The fraction of sp³-hybridized carbons (Fsp3) is 0.917. The molecule has 0 aromatic heterocycles. The van der Waals surface area contributed by atoms with Crippen LogP contribution < -0.4 is 0 Å². The van der Waals surface area contributed by atoms with Crippen LogP contribution in [0.1, 0.15) is 38.5 Å². The van der Waals surface area contributed by atoms with E-state index < -0.39 is 0 Å². The molecular formula is C12H20N2O. The highest BCUT2D eigenvalue weighted by molar-refractivity contribution is 5.11. The van der Waals surface area contributed by atoms with Gasteiger partial charge in [0.2, 0.25) is 0 Å². The van der Waals surface area contributed by atoms with E-state index in [9.17, 15) is 5.26 Å². The van der Waals surface area contributed by atoms with Crippen LogP contribution in [0.4, 0.5) is 0 Å². The van der Waals surface area contributed by atoms with Gasteiger partial charge in [-0.25, -0.2) is 0 Å². The van der Waals surface area contributed by atoms with Crippen LogP contribution in [0.3, 0.4) is 0 Å². The largest absolute Gasteiger partial charge is 0.396 e. The van der Waals surface area contributed by atoms with Crippen LogP contribution in [0.2, 0.25) is 0 Å². The van der Waals surface area contributed by atoms with E-state index in [2.05, 4.69) is 11.0 Å².